The largest absolute Gasteiger partial charge is 0.326 e. The van der Waals surface area contributed by atoms with Crippen LogP contribution in [0.15, 0.2) is 59.3 Å². The summed E-state index contributed by atoms with van der Waals surface area (Å²) in [7, 11) is 0. The van der Waals surface area contributed by atoms with Gasteiger partial charge in [0.1, 0.15) is 12.6 Å². The number of carbonyl (C=O) groups is 2. The second kappa shape index (κ2) is 9.22. The molecule has 2 heterocycles. The molecule has 4 rings (SSSR count). The molecule has 0 aliphatic carbocycles. The highest BCUT2D eigenvalue weighted by atomic mass is 35.5. The Balaban J connectivity index is 1.68. The average Bonchev–Trinajstić information content (AvgIpc) is 3.40. The van der Waals surface area contributed by atoms with Crippen LogP contribution in [0.5, 0.6) is 0 Å². The Morgan fingerprint density at radius 1 is 1.22 bits per heavy atom. The molecular weight excluding hydrogens is 446 g/mol. The summed E-state index contributed by atoms with van der Waals surface area (Å²) in [5.41, 5.74) is 3.54. The summed E-state index contributed by atoms with van der Waals surface area (Å²) in [6.07, 6.45) is 0. The fourth-order valence-corrected chi connectivity index (χ4v) is 4.20. The summed E-state index contributed by atoms with van der Waals surface area (Å²) in [5.74, 6) is -0.231. The molecule has 4 aromatic rings. The van der Waals surface area contributed by atoms with Gasteiger partial charge < -0.3 is 14.8 Å². The highest BCUT2D eigenvalue weighted by molar-refractivity contribution is 7.07. The number of hydrogen-bond donors (Lipinski definition) is 1. The Labute approximate surface area is 193 Å². The normalized spacial score (nSPS) is 10.7. The Bertz CT molecular complexity index is 1320. The topological polar surface area (TPSA) is 91.0 Å². The van der Waals surface area contributed by atoms with Crippen molar-refractivity contribution in [3.63, 3.8) is 0 Å². The number of rotatable bonds is 6. The van der Waals surface area contributed by atoms with Crippen LogP contribution in [0.25, 0.3) is 11.0 Å². The molecule has 7 nitrogen and oxygen atoms in total. The molecule has 32 heavy (non-hydrogen) atoms. The van der Waals surface area contributed by atoms with E-state index in [0.717, 1.165) is 5.56 Å². The van der Waals surface area contributed by atoms with E-state index in [4.69, 9.17) is 11.6 Å². The van der Waals surface area contributed by atoms with E-state index in [1.165, 1.54) is 6.92 Å². The molecule has 0 saturated heterocycles. The second-order valence-electron chi connectivity index (χ2n) is 7.11. The summed E-state index contributed by atoms with van der Waals surface area (Å²) in [6.45, 7) is 1.74. The molecule has 2 amide bonds. The number of benzene rings is 2. The van der Waals surface area contributed by atoms with Crippen LogP contribution in [0.2, 0.25) is 5.02 Å². The standard InChI is InChI=1S/C23H18ClN5O2S/c1-15(30)26-18-3-5-19(6-4-18)28(12-16-8-9-32-14-16)23(31)13-29-21-10-17(24)2-7-20(21)27-22(29)11-25/h2-10,14H,12-13H2,1H3,(H,26,30). The van der Waals surface area contributed by atoms with E-state index in [-0.39, 0.29) is 24.2 Å². The number of imidazole rings is 1. The van der Waals surface area contributed by atoms with Crippen LogP contribution in [0.4, 0.5) is 11.4 Å². The van der Waals surface area contributed by atoms with Gasteiger partial charge in [-0.15, -0.1) is 0 Å². The zero-order valence-corrected chi connectivity index (χ0v) is 18.7. The van der Waals surface area contributed by atoms with Gasteiger partial charge in [0.15, 0.2) is 0 Å². The van der Waals surface area contributed by atoms with Gasteiger partial charge in [-0.05, 0) is 64.9 Å². The van der Waals surface area contributed by atoms with Crippen LogP contribution in [0.3, 0.4) is 0 Å². The van der Waals surface area contributed by atoms with E-state index >= 15 is 0 Å². The lowest BCUT2D eigenvalue weighted by molar-refractivity contribution is -0.119. The molecule has 0 aliphatic rings. The van der Waals surface area contributed by atoms with Crippen LogP contribution in [0.1, 0.15) is 18.3 Å². The third kappa shape index (κ3) is 4.64. The van der Waals surface area contributed by atoms with Gasteiger partial charge in [0.05, 0.1) is 17.6 Å². The fraction of sp³-hybridized carbons (Fsp3) is 0.130. The first-order valence-corrected chi connectivity index (χ1v) is 11.0. The maximum absolute atomic E-state index is 13.5. The molecule has 9 heteroatoms. The van der Waals surface area contributed by atoms with E-state index in [1.807, 2.05) is 16.8 Å². The third-order valence-electron chi connectivity index (χ3n) is 4.82. The molecule has 0 radical (unpaired) electrons. The Hall–Kier alpha value is -3.67. The molecule has 2 aromatic carbocycles. The van der Waals surface area contributed by atoms with Gasteiger partial charge in [0.25, 0.3) is 0 Å². The number of nitrogens with zero attached hydrogens (tertiary/aromatic N) is 4. The summed E-state index contributed by atoms with van der Waals surface area (Å²) < 4.78 is 1.58. The van der Waals surface area contributed by atoms with Gasteiger partial charge in [-0.1, -0.05) is 11.6 Å². The SMILES string of the molecule is CC(=O)Nc1ccc(N(Cc2ccsc2)C(=O)Cn2c(C#N)nc3ccc(Cl)cc32)cc1. The molecule has 0 aliphatic heterocycles. The summed E-state index contributed by atoms with van der Waals surface area (Å²) >= 11 is 7.69. The number of nitriles is 1. The molecule has 2 aromatic heterocycles. The monoisotopic (exact) mass is 463 g/mol. The molecule has 1 N–H and O–H groups in total. The first kappa shape index (κ1) is 21.6. The Morgan fingerprint density at radius 2 is 2.00 bits per heavy atom. The van der Waals surface area contributed by atoms with E-state index in [9.17, 15) is 14.9 Å². The molecule has 0 spiro atoms. The van der Waals surface area contributed by atoms with Gasteiger partial charge in [0, 0.05) is 23.3 Å². The fourth-order valence-electron chi connectivity index (χ4n) is 3.38. The first-order chi connectivity index (χ1) is 15.4. The highest BCUT2D eigenvalue weighted by Crippen LogP contribution is 2.24. The van der Waals surface area contributed by atoms with Gasteiger partial charge in [-0.3, -0.25) is 9.59 Å². The van der Waals surface area contributed by atoms with Crippen molar-refractivity contribution in [3.05, 3.63) is 75.7 Å². The van der Waals surface area contributed by atoms with Gasteiger partial charge in [-0.25, -0.2) is 4.98 Å². The quantitative estimate of drug-likeness (QED) is 0.444. The zero-order valence-electron chi connectivity index (χ0n) is 17.1. The summed E-state index contributed by atoms with van der Waals surface area (Å²) in [5, 5.41) is 16.7. The van der Waals surface area contributed by atoms with Crippen molar-refractivity contribution in [2.75, 3.05) is 10.2 Å². The first-order valence-electron chi connectivity index (χ1n) is 9.69. The third-order valence-corrected chi connectivity index (χ3v) is 5.79. The van der Waals surface area contributed by atoms with Gasteiger partial charge >= 0.3 is 0 Å². The van der Waals surface area contributed by atoms with E-state index in [2.05, 4.69) is 16.4 Å². The van der Waals surface area contributed by atoms with E-state index in [1.54, 1.807) is 63.3 Å². The van der Waals surface area contributed by atoms with Crippen LogP contribution >= 0.6 is 22.9 Å². The lowest BCUT2D eigenvalue weighted by Crippen LogP contribution is -2.33. The van der Waals surface area contributed by atoms with Crippen molar-refractivity contribution < 1.29 is 9.59 Å². The molecule has 160 valence electrons. The van der Waals surface area contributed by atoms with Crippen LogP contribution in [0, 0.1) is 11.3 Å². The Morgan fingerprint density at radius 3 is 2.66 bits per heavy atom. The lowest BCUT2D eigenvalue weighted by Gasteiger charge is -2.23. The van der Waals surface area contributed by atoms with Crippen LogP contribution in [-0.4, -0.2) is 21.4 Å². The minimum absolute atomic E-state index is 0.0721. The number of thiophene rings is 1. The zero-order chi connectivity index (χ0) is 22.7. The molecule has 0 saturated carbocycles. The van der Waals surface area contributed by atoms with E-state index in [0.29, 0.717) is 34.0 Å². The number of nitrogens with one attached hydrogen (secondary N) is 1. The van der Waals surface area contributed by atoms with Crippen molar-refractivity contribution in [2.24, 2.45) is 0 Å². The second-order valence-corrected chi connectivity index (χ2v) is 8.32. The van der Waals surface area contributed by atoms with E-state index < -0.39 is 0 Å². The minimum Gasteiger partial charge on any atom is -0.326 e. The summed E-state index contributed by atoms with van der Waals surface area (Å²) in [4.78, 5) is 30.7. The molecular formula is C23H18ClN5O2S. The summed E-state index contributed by atoms with van der Waals surface area (Å²) in [6, 6.07) is 16.2. The molecule has 0 bridgehead atoms. The van der Waals surface area contributed by atoms with Gasteiger partial charge in [-0.2, -0.15) is 16.6 Å². The molecule has 0 unspecified atom stereocenters. The Kier molecular flexibility index (Phi) is 6.21. The van der Waals surface area contributed by atoms with Crippen LogP contribution in [-0.2, 0) is 22.7 Å². The van der Waals surface area contributed by atoms with Gasteiger partial charge in [0.2, 0.25) is 17.6 Å². The smallest absolute Gasteiger partial charge is 0.247 e. The average molecular weight is 464 g/mol. The predicted molar refractivity (Wildman–Crippen MR) is 126 cm³/mol. The number of hydrogen-bond acceptors (Lipinski definition) is 5. The van der Waals surface area contributed by atoms with Crippen molar-refractivity contribution in [2.45, 2.75) is 20.0 Å². The number of carbonyl (C=O) groups excluding carboxylic acids is 2. The molecule has 0 fully saturated rings. The number of anilines is 2. The number of amides is 2. The molecule has 0 atom stereocenters. The maximum atomic E-state index is 13.5. The van der Waals surface area contributed by atoms with Crippen LogP contribution < -0.4 is 10.2 Å². The van der Waals surface area contributed by atoms with Crippen molar-refractivity contribution in [3.8, 4) is 6.07 Å². The number of halogens is 1. The van der Waals surface area contributed by atoms with Crippen molar-refractivity contribution in [1.29, 1.82) is 5.26 Å². The van der Waals surface area contributed by atoms with Crippen molar-refractivity contribution >= 4 is 57.2 Å². The highest BCUT2D eigenvalue weighted by Gasteiger charge is 2.21. The maximum Gasteiger partial charge on any atom is 0.247 e. The van der Waals surface area contributed by atoms with Crippen molar-refractivity contribution in [1.82, 2.24) is 9.55 Å². The number of aromatic nitrogens is 2. The lowest BCUT2D eigenvalue weighted by atomic mass is 10.2. The number of fused-ring (bicyclic) bond motifs is 1. The predicted octanol–water partition coefficient (Wildman–Crippen LogP) is 4.81. The minimum atomic E-state index is -0.209.